The number of carbonyl (C=O) groups is 2. The van der Waals surface area contributed by atoms with Crippen molar-refractivity contribution >= 4 is 17.9 Å². The third kappa shape index (κ3) is 9.43. The second-order valence-electron chi connectivity index (χ2n) is 9.28. The summed E-state index contributed by atoms with van der Waals surface area (Å²) in [6.45, 7) is 6.27. The number of anilines is 1. The van der Waals surface area contributed by atoms with Crippen LogP contribution in [-0.4, -0.2) is 82.1 Å². The second kappa shape index (κ2) is 12.5. The van der Waals surface area contributed by atoms with Crippen molar-refractivity contribution in [1.82, 2.24) is 14.9 Å². The minimum Gasteiger partial charge on any atom is -0.475 e. The van der Waals surface area contributed by atoms with Crippen molar-refractivity contribution in [2.45, 2.75) is 57.3 Å². The summed E-state index contributed by atoms with van der Waals surface area (Å²) in [5.41, 5.74) is 0.533. The molecule has 1 saturated carbocycles. The van der Waals surface area contributed by atoms with Crippen LogP contribution in [0, 0.1) is 11.3 Å². The SMILES string of the molecule is O=C(O)C(F)(F)F.O=C(O)C(F)(F)F.c1cnc(N2CCC3(CCN(CC4CCCC4)CC3)C2)nc1. The van der Waals surface area contributed by atoms with Crippen molar-refractivity contribution in [2.75, 3.05) is 37.6 Å². The number of carboxylic acid groups (broad SMARTS) is 2. The van der Waals surface area contributed by atoms with Crippen LogP contribution < -0.4 is 4.90 Å². The molecule has 3 fully saturated rings. The van der Waals surface area contributed by atoms with Crippen LogP contribution in [0.15, 0.2) is 18.5 Å². The molecule has 1 aromatic rings. The highest BCUT2D eigenvalue weighted by atomic mass is 19.4. The molecule has 2 N–H and O–H groups in total. The van der Waals surface area contributed by atoms with Crippen LogP contribution >= 0.6 is 0 Å². The van der Waals surface area contributed by atoms with Gasteiger partial charge in [0.25, 0.3) is 0 Å². The first-order valence-corrected chi connectivity index (χ1v) is 11.6. The van der Waals surface area contributed by atoms with E-state index in [1.54, 1.807) is 0 Å². The second-order valence-corrected chi connectivity index (χ2v) is 9.28. The zero-order valence-electron chi connectivity index (χ0n) is 19.6. The molecule has 4 rings (SSSR count). The summed E-state index contributed by atoms with van der Waals surface area (Å²) in [6.07, 6.45) is 3.48. The number of piperidine rings is 1. The molecule has 0 bridgehead atoms. The van der Waals surface area contributed by atoms with Crippen LogP contribution in [0.1, 0.15) is 44.9 Å². The number of nitrogens with zero attached hydrogens (tertiary/aromatic N) is 4. The number of carboxylic acids is 2. The Hall–Kier alpha value is -2.64. The van der Waals surface area contributed by atoms with Crippen molar-refractivity contribution in [1.29, 1.82) is 0 Å². The Balaban J connectivity index is 0.000000271. The summed E-state index contributed by atoms with van der Waals surface area (Å²) in [5, 5.41) is 14.2. The maximum Gasteiger partial charge on any atom is 0.490 e. The molecule has 14 heteroatoms. The number of hydrogen-bond donors (Lipinski definition) is 2. The fourth-order valence-corrected chi connectivity index (χ4v) is 4.74. The predicted molar refractivity (Wildman–Crippen MR) is 116 cm³/mol. The molecular weight excluding hydrogens is 498 g/mol. The first kappa shape index (κ1) is 29.6. The Labute approximate surface area is 204 Å². The average Bonchev–Trinajstić information content (AvgIpc) is 3.46. The monoisotopic (exact) mass is 528 g/mol. The van der Waals surface area contributed by atoms with Gasteiger partial charge >= 0.3 is 24.3 Å². The minimum absolute atomic E-state index is 0.533. The largest absolute Gasteiger partial charge is 0.490 e. The third-order valence-corrected chi connectivity index (χ3v) is 6.67. The molecule has 1 spiro atoms. The van der Waals surface area contributed by atoms with E-state index in [0.29, 0.717) is 5.41 Å². The van der Waals surface area contributed by atoms with E-state index in [1.165, 1.54) is 64.6 Å². The summed E-state index contributed by atoms with van der Waals surface area (Å²) in [4.78, 5) is 31.8. The smallest absolute Gasteiger partial charge is 0.475 e. The van der Waals surface area contributed by atoms with Gasteiger partial charge in [0.2, 0.25) is 5.95 Å². The molecular formula is C22H30F6N4O4. The molecule has 204 valence electrons. The van der Waals surface area contributed by atoms with Gasteiger partial charge in [0.05, 0.1) is 0 Å². The van der Waals surface area contributed by atoms with Crippen molar-refractivity contribution in [3.05, 3.63) is 18.5 Å². The van der Waals surface area contributed by atoms with Gasteiger partial charge in [-0.1, -0.05) is 12.8 Å². The van der Waals surface area contributed by atoms with Gasteiger partial charge in [-0.25, -0.2) is 19.6 Å². The van der Waals surface area contributed by atoms with Crippen molar-refractivity contribution in [3.8, 4) is 0 Å². The van der Waals surface area contributed by atoms with Crippen molar-refractivity contribution in [3.63, 3.8) is 0 Å². The Bertz CT molecular complexity index is 815. The first-order chi connectivity index (χ1) is 16.7. The quantitative estimate of drug-likeness (QED) is 0.562. The van der Waals surface area contributed by atoms with Gasteiger partial charge in [-0.3, -0.25) is 0 Å². The molecule has 0 atom stereocenters. The van der Waals surface area contributed by atoms with Crippen LogP contribution in [0.25, 0.3) is 0 Å². The van der Waals surface area contributed by atoms with Gasteiger partial charge < -0.3 is 20.0 Å². The summed E-state index contributed by atoms with van der Waals surface area (Å²) < 4.78 is 63.5. The maximum atomic E-state index is 10.6. The molecule has 8 nitrogen and oxygen atoms in total. The van der Waals surface area contributed by atoms with Crippen molar-refractivity contribution in [2.24, 2.45) is 11.3 Å². The van der Waals surface area contributed by atoms with Gasteiger partial charge in [0.1, 0.15) is 0 Å². The zero-order valence-corrected chi connectivity index (χ0v) is 19.6. The molecule has 0 aromatic carbocycles. The molecule has 2 saturated heterocycles. The van der Waals surface area contributed by atoms with E-state index in [0.717, 1.165) is 25.0 Å². The van der Waals surface area contributed by atoms with Crippen LogP contribution in [0.3, 0.4) is 0 Å². The van der Waals surface area contributed by atoms with Crippen LogP contribution in [-0.2, 0) is 9.59 Å². The van der Waals surface area contributed by atoms with Crippen LogP contribution in [0.4, 0.5) is 32.3 Å². The van der Waals surface area contributed by atoms with E-state index in [1.807, 2.05) is 18.5 Å². The molecule has 2 aliphatic heterocycles. The minimum atomic E-state index is -5.08. The number of likely N-dealkylation sites (tertiary alicyclic amines) is 1. The van der Waals surface area contributed by atoms with E-state index >= 15 is 0 Å². The Morgan fingerprint density at radius 3 is 1.78 bits per heavy atom. The topological polar surface area (TPSA) is 107 Å². The van der Waals surface area contributed by atoms with E-state index in [2.05, 4.69) is 19.8 Å². The lowest BCUT2D eigenvalue weighted by Crippen LogP contribution is -2.43. The molecule has 1 aliphatic carbocycles. The third-order valence-electron chi connectivity index (χ3n) is 6.67. The lowest BCUT2D eigenvalue weighted by Gasteiger charge is -2.40. The van der Waals surface area contributed by atoms with Gasteiger partial charge in [0.15, 0.2) is 0 Å². The Morgan fingerprint density at radius 2 is 1.33 bits per heavy atom. The number of aliphatic carboxylic acids is 2. The normalized spacial score (nSPS) is 20.3. The summed E-state index contributed by atoms with van der Waals surface area (Å²) in [5.74, 6) is -3.60. The number of halogens is 6. The average molecular weight is 528 g/mol. The van der Waals surface area contributed by atoms with E-state index in [9.17, 15) is 26.3 Å². The van der Waals surface area contributed by atoms with Crippen LogP contribution in [0.2, 0.25) is 0 Å². The fraction of sp³-hybridized carbons (Fsp3) is 0.727. The van der Waals surface area contributed by atoms with E-state index in [-0.39, 0.29) is 0 Å². The highest BCUT2D eigenvalue weighted by molar-refractivity contribution is 5.73. The predicted octanol–water partition coefficient (Wildman–Crippen LogP) is 4.23. The fourth-order valence-electron chi connectivity index (χ4n) is 4.74. The summed E-state index contributed by atoms with van der Waals surface area (Å²) in [6, 6.07) is 1.90. The van der Waals surface area contributed by atoms with E-state index < -0.39 is 24.3 Å². The maximum absolute atomic E-state index is 10.6. The first-order valence-electron chi connectivity index (χ1n) is 11.6. The molecule has 0 radical (unpaired) electrons. The van der Waals surface area contributed by atoms with Crippen LogP contribution in [0.5, 0.6) is 0 Å². The van der Waals surface area contributed by atoms with Gasteiger partial charge in [-0.2, -0.15) is 26.3 Å². The number of alkyl halides is 6. The number of hydrogen-bond acceptors (Lipinski definition) is 6. The molecule has 0 amide bonds. The summed E-state index contributed by atoms with van der Waals surface area (Å²) in [7, 11) is 0. The molecule has 36 heavy (non-hydrogen) atoms. The molecule has 1 aromatic heterocycles. The molecule has 3 heterocycles. The Kier molecular flexibility index (Phi) is 10.3. The van der Waals surface area contributed by atoms with Gasteiger partial charge in [0, 0.05) is 32.0 Å². The highest BCUT2D eigenvalue weighted by Crippen LogP contribution is 2.41. The lowest BCUT2D eigenvalue weighted by molar-refractivity contribution is -0.193. The van der Waals surface area contributed by atoms with Gasteiger partial charge in [-0.05, 0) is 62.6 Å². The lowest BCUT2D eigenvalue weighted by atomic mass is 9.77. The summed E-state index contributed by atoms with van der Waals surface area (Å²) >= 11 is 0. The van der Waals surface area contributed by atoms with E-state index in [4.69, 9.17) is 19.8 Å². The Morgan fingerprint density at radius 1 is 0.889 bits per heavy atom. The standard InChI is InChI=1S/C18H28N4.2C2HF3O2/c1-2-5-16(4-1)14-21-11-6-18(7-12-21)8-13-22(15-18)17-19-9-3-10-20-17;2*3-2(4,5)1(6)7/h3,9-10,16H,1-2,4-8,11-15H2;2*(H,6,7). The molecule has 0 unspecified atom stereocenters. The van der Waals surface area contributed by atoms with Crippen molar-refractivity contribution < 1.29 is 46.1 Å². The van der Waals surface area contributed by atoms with Gasteiger partial charge in [-0.15, -0.1) is 0 Å². The molecule has 3 aliphatic rings. The highest BCUT2D eigenvalue weighted by Gasteiger charge is 2.41. The zero-order chi connectivity index (χ0) is 27.0. The number of aromatic nitrogens is 2. The number of rotatable bonds is 3.